The smallest absolute Gasteiger partial charge is 0.408 e. The lowest BCUT2D eigenvalue weighted by atomic mass is 9.93. The summed E-state index contributed by atoms with van der Waals surface area (Å²) in [5.74, 6) is -11.7. The van der Waals surface area contributed by atoms with Gasteiger partial charge in [0.05, 0.1) is 31.7 Å². The molecule has 0 aromatic heterocycles. The van der Waals surface area contributed by atoms with Gasteiger partial charge in [-0.05, 0) is 50.0 Å². The number of likely N-dealkylation sites (tertiary alicyclic amines) is 1. The Hall–Kier alpha value is -4.89. The average Bonchev–Trinajstić information content (AvgIpc) is 3.84. The molecule has 52 heavy (non-hydrogen) atoms. The van der Waals surface area contributed by atoms with Gasteiger partial charge in [-0.25, -0.2) is 18.4 Å². The molecule has 1 saturated heterocycles. The maximum Gasteiger partial charge on any atom is 0.408 e. The minimum Gasteiger partial charge on any atom is -0.479 e. The molecule has 5 atom stereocenters. The number of ether oxygens (including phenoxy) is 1. The van der Waals surface area contributed by atoms with Crippen molar-refractivity contribution in [3.63, 3.8) is 0 Å². The highest BCUT2D eigenvalue weighted by atomic mass is 19.3. The lowest BCUT2D eigenvalue weighted by molar-refractivity contribution is -0.145. The van der Waals surface area contributed by atoms with E-state index in [4.69, 9.17) is 4.74 Å². The van der Waals surface area contributed by atoms with Crippen molar-refractivity contribution >= 4 is 41.5 Å². The summed E-state index contributed by atoms with van der Waals surface area (Å²) in [6, 6.07) is 3.52. The van der Waals surface area contributed by atoms with Crippen LogP contribution in [-0.4, -0.2) is 94.7 Å². The average molecular weight is 732 g/mol. The van der Waals surface area contributed by atoms with Gasteiger partial charge in [0.15, 0.2) is 6.04 Å². The van der Waals surface area contributed by atoms with Crippen molar-refractivity contribution in [2.45, 2.75) is 102 Å². The van der Waals surface area contributed by atoms with Gasteiger partial charge < -0.3 is 36.0 Å². The SMILES string of the molecule is CCCC(NC(=O)[C@]12CC1C(F)(F)CN2C(=O)C(C=C1CCCCC1)NC(=O)OCC(C)C)C(=O)C(=O)NCC(=O)NC(C(=O)O)c1ccccc1. The molecule has 16 heteroatoms. The number of alkyl halides is 2. The van der Waals surface area contributed by atoms with E-state index in [0.29, 0.717) is 12.8 Å². The number of aliphatic carboxylic acids is 1. The third-order valence-electron chi connectivity index (χ3n) is 9.45. The molecular weight excluding hydrogens is 684 g/mol. The Bertz CT molecular complexity index is 1560. The van der Waals surface area contributed by atoms with Gasteiger partial charge in [-0.2, -0.15) is 0 Å². The van der Waals surface area contributed by atoms with Gasteiger partial charge in [-0.3, -0.25) is 24.0 Å². The van der Waals surface area contributed by atoms with Crippen LogP contribution in [0.2, 0.25) is 0 Å². The summed E-state index contributed by atoms with van der Waals surface area (Å²) in [5, 5.41) is 18.8. The zero-order valence-electron chi connectivity index (χ0n) is 29.5. The van der Waals surface area contributed by atoms with Crippen molar-refractivity contribution in [2.24, 2.45) is 11.8 Å². The van der Waals surface area contributed by atoms with Gasteiger partial charge >= 0.3 is 12.1 Å². The summed E-state index contributed by atoms with van der Waals surface area (Å²) in [6.07, 6.45) is 4.49. The van der Waals surface area contributed by atoms with Gasteiger partial charge in [-0.1, -0.05) is 75.6 Å². The van der Waals surface area contributed by atoms with Gasteiger partial charge in [-0.15, -0.1) is 0 Å². The Labute approximate surface area is 300 Å². The number of alkyl carbamates (subject to hydrolysis) is 1. The van der Waals surface area contributed by atoms with Crippen molar-refractivity contribution in [3.8, 4) is 0 Å². The first-order chi connectivity index (χ1) is 24.6. The highest BCUT2D eigenvalue weighted by molar-refractivity contribution is 6.38. The molecule has 1 aliphatic heterocycles. The number of ketones is 1. The van der Waals surface area contributed by atoms with E-state index < -0.39 is 96.5 Å². The Morgan fingerprint density at radius 1 is 1.00 bits per heavy atom. The van der Waals surface area contributed by atoms with Gasteiger partial charge in [0.25, 0.3) is 11.8 Å². The fourth-order valence-electron chi connectivity index (χ4n) is 6.71. The number of rotatable bonds is 16. The molecule has 14 nitrogen and oxygen atoms in total. The molecule has 2 saturated carbocycles. The second-order valence-corrected chi connectivity index (χ2v) is 14.0. The lowest BCUT2D eigenvalue weighted by Crippen LogP contribution is -2.59. The van der Waals surface area contributed by atoms with Crippen LogP contribution in [0.5, 0.6) is 0 Å². The quantitative estimate of drug-likeness (QED) is 0.125. The number of Topliss-reactive ketones (excluding diaryl/α,β-unsaturated/α-hetero) is 1. The number of halogens is 2. The summed E-state index contributed by atoms with van der Waals surface area (Å²) >= 11 is 0. The van der Waals surface area contributed by atoms with Crippen LogP contribution in [0.25, 0.3) is 0 Å². The Morgan fingerprint density at radius 2 is 1.67 bits per heavy atom. The number of benzene rings is 1. The number of nitrogens with one attached hydrogen (secondary N) is 4. The van der Waals surface area contributed by atoms with E-state index in [9.17, 15) is 38.7 Å². The number of amides is 5. The summed E-state index contributed by atoms with van der Waals surface area (Å²) in [4.78, 5) is 91.6. The monoisotopic (exact) mass is 731 g/mol. The summed E-state index contributed by atoms with van der Waals surface area (Å²) in [5.41, 5.74) is -0.880. The summed E-state index contributed by atoms with van der Waals surface area (Å²) in [7, 11) is 0. The van der Waals surface area contributed by atoms with Crippen LogP contribution in [0.1, 0.15) is 83.7 Å². The van der Waals surface area contributed by atoms with Crippen LogP contribution in [0.15, 0.2) is 42.0 Å². The number of hydrogen-bond acceptors (Lipinski definition) is 8. The van der Waals surface area contributed by atoms with E-state index in [0.717, 1.165) is 29.7 Å². The molecule has 0 radical (unpaired) electrons. The standard InChI is InChI=1S/C36H47F2N5O9/c1-4-11-24(29(45)30(46)39-18-27(44)42-28(32(48)49)23-14-9-6-10-15-23)40-33(50)35-17-26(35)36(37,38)20-43(35)31(47)25(16-22-12-7-5-8-13-22)41-34(51)52-19-21(2)3/h6,9-10,14-16,21,24-26,28H,4-5,7-8,11-13,17-20H2,1-3H3,(H,39,46)(H,40,50)(H,41,51)(H,42,44)(H,48,49)/t24?,25?,26?,28?,35-/m0/s1. The molecule has 0 bridgehead atoms. The topological polar surface area (TPSA) is 200 Å². The van der Waals surface area contributed by atoms with E-state index >= 15 is 8.78 Å². The number of allylic oxidation sites excluding steroid dienone is 1. The van der Waals surface area contributed by atoms with Gasteiger partial charge in [0.2, 0.25) is 23.5 Å². The molecule has 1 aromatic rings. The van der Waals surface area contributed by atoms with Gasteiger partial charge in [0, 0.05) is 0 Å². The summed E-state index contributed by atoms with van der Waals surface area (Å²) in [6.45, 7) is 3.51. The number of carbonyl (C=O) groups is 7. The lowest BCUT2D eigenvalue weighted by Gasteiger charge is -2.32. The van der Waals surface area contributed by atoms with Crippen LogP contribution >= 0.6 is 0 Å². The molecule has 4 rings (SSSR count). The first-order valence-corrected chi connectivity index (χ1v) is 17.6. The fraction of sp³-hybridized carbons (Fsp3) is 0.583. The van der Waals surface area contributed by atoms with Crippen molar-refractivity contribution in [3.05, 3.63) is 47.5 Å². The third-order valence-corrected chi connectivity index (χ3v) is 9.45. The van der Waals surface area contributed by atoms with E-state index in [1.165, 1.54) is 12.1 Å². The second-order valence-electron chi connectivity index (χ2n) is 14.0. The molecule has 0 spiro atoms. The zero-order chi connectivity index (χ0) is 38.2. The van der Waals surface area contributed by atoms with Crippen LogP contribution in [-0.2, 0) is 33.5 Å². The van der Waals surface area contributed by atoms with Crippen molar-refractivity contribution < 1.29 is 52.2 Å². The maximum atomic E-state index is 15.3. The van der Waals surface area contributed by atoms with E-state index in [1.807, 2.05) is 13.8 Å². The molecule has 284 valence electrons. The van der Waals surface area contributed by atoms with E-state index in [1.54, 1.807) is 31.2 Å². The fourth-order valence-corrected chi connectivity index (χ4v) is 6.71. The maximum absolute atomic E-state index is 15.3. The molecule has 3 aliphatic rings. The normalized spacial score (nSPS) is 21.8. The molecule has 4 unspecified atom stereocenters. The first kappa shape index (κ1) is 39.9. The Balaban J connectivity index is 1.47. The predicted octanol–water partition coefficient (Wildman–Crippen LogP) is 2.78. The molecular formula is C36H47F2N5O9. The van der Waals surface area contributed by atoms with E-state index in [-0.39, 0.29) is 30.9 Å². The third kappa shape index (κ3) is 9.50. The minimum atomic E-state index is -3.45. The number of carboxylic acid groups (broad SMARTS) is 1. The molecule has 2 aliphatic carbocycles. The van der Waals surface area contributed by atoms with Crippen molar-refractivity contribution in [1.29, 1.82) is 0 Å². The highest BCUT2D eigenvalue weighted by Gasteiger charge is 2.79. The molecule has 5 amide bonds. The molecule has 1 heterocycles. The molecule has 5 N–H and O–H groups in total. The number of carboxylic acids is 1. The second kappa shape index (κ2) is 17.1. The number of fused-ring (bicyclic) bond motifs is 1. The number of piperidine rings is 1. The minimum absolute atomic E-state index is 0.00462. The van der Waals surface area contributed by atoms with Crippen LogP contribution in [0.4, 0.5) is 13.6 Å². The van der Waals surface area contributed by atoms with Gasteiger partial charge in [0.1, 0.15) is 11.6 Å². The van der Waals surface area contributed by atoms with E-state index in [2.05, 4.69) is 21.3 Å². The van der Waals surface area contributed by atoms with Crippen LogP contribution in [0.3, 0.4) is 0 Å². The number of hydrogen-bond donors (Lipinski definition) is 5. The Morgan fingerprint density at radius 3 is 2.27 bits per heavy atom. The zero-order valence-corrected chi connectivity index (χ0v) is 29.5. The molecule has 1 aromatic carbocycles. The largest absolute Gasteiger partial charge is 0.479 e. The van der Waals surface area contributed by atoms with Crippen LogP contribution < -0.4 is 21.3 Å². The number of carbonyl (C=O) groups excluding carboxylic acids is 6. The highest BCUT2D eigenvalue weighted by Crippen LogP contribution is 2.62. The van der Waals surface area contributed by atoms with Crippen molar-refractivity contribution in [1.82, 2.24) is 26.2 Å². The number of nitrogens with zero attached hydrogens (tertiary/aromatic N) is 1. The molecule has 3 fully saturated rings. The van der Waals surface area contributed by atoms with Crippen LogP contribution in [0, 0.1) is 11.8 Å². The first-order valence-electron chi connectivity index (χ1n) is 17.6. The predicted molar refractivity (Wildman–Crippen MR) is 182 cm³/mol. The Kier molecular flexibility index (Phi) is 13.1. The van der Waals surface area contributed by atoms with Crippen molar-refractivity contribution in [2.75, 3.05) is 19.7 Å². The summed E-state index contributed by atoms with van der Waals surface area (Å²) < 4.78 is 35.8.